The molecule has 0 aromatic heterocycles. The number of anilines is 1. The maximum atomic E-state index is 11.2. The molecule has 0 N–H and O–H groups in total. The molecule has 114 valence electrons. The molecule has 3 nitrogen and oxygen atoms in total. The van der Waals surface area contributed by atoms with Crippen LogP contribution in [0.5, 0.6) is 0 Å². The number of rotatable bonds is 4. The van der Waals surface area contributed by atoms with Crippen LogP contribution in [0.2, 0.25) is 0 Å². The summed E-state index contributed by atoms with van der Waals surface area (Å²) in [4.78, 5) is 16.0. The molecule has 1 aliphatic heterocycles. The van der Waals surface area contributed by atoms with E-state index in [-0.39, 0.29) is 0 Å². The Morgan fingerprint density at radius 2 is 1.73 bits per heavy atom. The van der Waals surface area contributed by atoms with Crippen LogP contribution in [-0.4, -0.2) is 37.4 Å². The summed E-state index contributed by atoms with van der Waals surface area (Å²) in [7, 11) is 0. The molecular formula is C18H19BrN2O. The number of benzene rings is 2. The summed E-state index contributed by atoms with van der Waals surface area (Å²) in [5, 5.41) is 0. The number of carbonyl (C=O) groups is 1. The van der Waals surface area contributed by atoms with Gasteiger partial charge in [0.25, 0.3) is 0 Å². The lowest BCUT2D eigenvalue weighted by molar-refractivity contribution is 0.112. The van der Waals surface area contributed by atoms with Crippen molar-refractivity contribution in [2.24, 2.45) is 0 Å². The van der Waals surface area contributed by atoms with Crippen molar-refractivity contribution in [2.45, 2.75) is 6.54 Å². The molecule has 1 fully saturated rings. The Bertz CT molecular complexity index is 637. The second-order valence-corrected chi connectivity index (χ2v) is 6.49. The van der Waals surface area contributed by atoms with E-state index in [1.165, 1.54) is 5.56 Å². The lowest BCUT2D eigenvalue weighted by Crippen LogP contribution is -2.46. The molecular weight excluding hydrogens is 340 g/mol. The zero-order valence-corrected chi connectivity index (χ0v) is 14.0. The van der Waals surface area contributed by atoms with Crippen LogP contribution in [0, 0.1) is 0 Å². The van der Waals surface area contributed by atoms with E-state index in [4.69, 9.17) is 0 Å². The van der Waals surface area contributed by atoms with Crippen molar-refractivity contribution in [3.8, 4) is 0 Å². The molecule has 0 aliphatic carbocycles. The van der Waals surface area contributed by atoms with E-state index in [1.54, 1.807) is 0 Å². The number of carbonyl (C=O) groups excluding carboxylic acids is 1. The van der Waals surface area contributed by atoms with E-state index in [0.717, 1.165) is 54.7 Å². The van der Waals surface area contributed by atoms with E-state index >= 15 is 0 Å². The molecule has 0 radical (unpaired) electrons. The molecule has 2 aromatic rings. The Kier molecular flexibility index (Phi) is 4.90. The van der Waals surface area contributed by atoms with Gasteiger partial charge in [-0.1, -0.05) is 46.3 Å². The molecule has 3 rings (SSSR count). The van der Waals surface area contributed by atoms with E-state index < -0.39 is 0 Å². The zero-order chi connectivity index (χ0) is 15.4. The van der Waals surface area contributed by atoms with E-state index in [1.807, 2.05) is 18.2 Å². The topological polar surface area (TPSA) is 23.6 Å². The molecule has 0 unspecified atom stereocenters. The van der Waals surface area contributed by atoms with Crippen molar-refractivity contribution >= 4 is 27.9 Å². The van der Waals surface area contributed by atoms with Gasteiger partial charge in [-0.3, -0.25) is 9.69 Å². The summed E-state index contributed by atoms with van der Waals surface area (Å²) in [5.74, 6) is 0. The molecule has 0 spiro atoms. The van der Waals surface area contributed by atoms with Crippen molar-refractivity contribution in [3.05, 3.63) is 64.1 Å². The van der Waals surface area contributed by atoms with Crippen molar-refractivity contribution in [1.82, 2.24) is 4.90 Å². The third kappa shape index (κ3) is 3.57. The molecule has 2 aromatic carbocycles. The number of hydrogen-bond donors (Lipinski definition) is 0. The van der Waals surface area contributed by atoms with E-state index in [9.17, 15) is 4.79 Å². The SMILES string of the molecule is O=Cc1ccc(Br)cc1N1CCN(Cc2ccccc2)CC1. The third-order valence-electron chi connectivity index (χ3n) is 4.08. The highest BCUT2D eigenvalue weighted by molar-refractivity contribution is 9.10. The minimum Gasteiger partial charge on any atom is -0.368 e. The van der Waals surface area contributed by atoms with Gasteiger partial charge < -0.3 is 4.90 Å². The van der Waals surface area contributed by atoms with Crippen molar-refractivity contribution in [1.29, 1.82) is 0 Å². The summed E-state index contributed by atoms with van der Waals surface area (Å²) >= 11 is 3.50. The second kappa shape index (κ2) is 7.07. The number of hydrogen-bond acceptors (Lipinski definition) is 3. The van der Waals surface area contributed by atoms with Crippen LogP contribution in [0.4, 0.5) is 5.69 Å². The van der Waals surface area contributed by atoms with Crippen LogP contribution in [0.1, 0.15) is 15.9 Å². The van der Waals surface area contributed by atoms with Crippen molar-refractivity contribution in [2.75, 3.05) is 31.1 Å². The summed E-state index contributed by atoms with van der Waals surface area (Å²) in [6, 6.07) is 16.4. The summed E-state index contributed by atoms with van der Waals surface area (Å²) in [6.07, 6.45) is 0.943. The van der Waals surface area contributed by atoms with Crippen LogP contribution in [0.25, 0.3) is 0 Å². The molecule has 0 bridgehead atoms. The fourth-order valence-corrected chi connectivity index (χ4v) is 3.23. The fourth-order valence-electron chi connectivity index (χ4n) is 2.88. The second-order valence-electron chi connectivity index (χ2n) is 5.57. The van der Waals surface area contributed by atoms with Gasteiger partial charge in [-0.15, -0.1) is 0 Å². The molecule has 0 saturated carbocycles. The van der Waals surface area contributed by atoms with Crippen molar-refractivity contribution < 1.29 is 4.79 Å². The van der Waals surface area contributed by atoms with Crippen LogP contribution >= 0.6 is 15.9 Å². The van der Waals surface area contributed by atoms with Crippen molar-refractivity contribution in [3.63, 3.8) is 0 Å². The minimum atomic E-state index is 0.764. The van der Waals surface area contributed by atoms with Crippen LogP contribution in [0.3, 0.4) is 0 Å². The minimum absolute atomic E-state index is 0.764. The number of aldehydes is 1. The predicted molar refractivity (Wildman–Crippen MR) is 93.5 cm³/mol. The van der Waals surface area contributed by atoms with Gasteiger partial charge in [0.15, 0.2) is 6.29 Å². The van der Waals surface area contributed by atoms with Gasteiger partial charge in [0.1, 0.15) is 0 Å². The lowest BCUT2D eigenvalue weighted by Gasteiger charge is -2.36. The molecule has 0 atom stereocenters. The maximum Gasteiger partial charge on any atom is 0.152 e. The maximum absolute atomic E-state index is 11.2. The highest BCUT2D eigenvalue weighted by atomic mass is 79.9. The lowest BCUT2D eigenvalue weighted by atomic mass is 10.1. The zero-order valence-electron chi connectivity index (χ0n) is 12.4. The fraction of sp³-hybridized carbons (Fsp3) is 0.278. The monoisotopic (exact) mass is 358 g/mol. The van der Waals surface area contributed by atoms with E-state index in [0.29, 0.717) is 0 Å². The first-order chi connectivity index (χ1) is 10.8. The Morgan fingerprint density at radius 3 is 2.41 bits per heavy atom. The quantitative estimate of drug-likeness (QED) is 0.780. The Balaban J connectivity index is 1.64. The molecule has 0 amide bonds. The number of halogens is 1. The summed E-state index contributed by atoms with van der Waals surface area (Å²) in [5.41, 5.74) is 3.15. The largest absolute Gasteiger partial charge is 0.368 e. The Labute approximate surface area is 139 Å². The van der Waals surface area contributed by atoms with Gasteiger partial charge in [0.05, 0.1) is 0 Å². The first kappa shape index (κ1) is 15.3. The third-order valence-corrected chi connectivity index (χ3v) is 4.57. The molecule has 22 heavy (non-hydrogen) atoms. The average Bonchev–Trinajstić information content (AvgIpc) is 2.56. The molecule has 1 saturated heterocycles. The first-order valence-electron chi connectivity index (χ1n) is 7.52. The Morgan fingerprint density at radius 1 is 1.00 bits per heavy atom. The van der Waals surface area contributed by atoms with Gasteiger partial charge in [-0.05, 0) is 23.8 Å². The standard InChI is InChI=1S/C18H19BrN2O/c19-17-7-6-16(14-22)18(12-17)21-10-8-20(9-11-21)13-15-4-2-1-3-5-15/h1-7,12,14H,8-11,13H2. The number of piperazine rings is 1. The highest BCUT2D eigenvalue weighted by Crippen LogP contribution is 2.25. The van der Waals surface area contributed by atoms with Gasteiger partial charge in [-0.2, -0.15) is 0 Å². The molecule has 1 heterocycles. The van der Waals surface area contributed by atoms with Gasteiger partial charge in [0, 0.05) is 48.4 Å². The predicted octanol–water partition coefficient (Wildman–Crippen LogP) is 3.58. The van der Waals surface area contributed by atoms with Crippen LogP contribution in [0.15, 0.2) is 53.0 Å². The molecule has 4 heteroatoms. The highest BCUT2D eigenvalue weighted by Gasteiger charge is 2.19. The van der Waals surface area contributed by atoms with Gasteiger partial charge in [-0.25, -0.2) is 0 Å². The molecule has 1 aliphatic rings. The van der Waals surface area contributed by atoms with E-state index in [2.05, 4.69) is 56.1 Å². The van der Waals surface area contributed by atoms with Crippen LogP contribution < -0.4 is 4.90 Å². The average molecular weight is 359 g/mol. The summed E-state index contributed by atoms with van der Waals surface area (Å²) < 4.78 is 1.01. The van der Waals surface area contributed by atoms with Gasteiger partial charge in [0.2, 0.25) is 0 Å². The number of nitrogens with zero attached hydrogens (tertiary/aromatic N) is 2. The van der Waals surface area contributed by atoms with Crippen LogP contribution in [-0.2, 0) is 6.54 Å². The first-order valence-corrected chi connectivity index (χ1v) is 8.31. The smallest absolute Gasteiger partial charge is 0.152 e. The Hall–Kier alpha value is -1.65. The van der Waals surface area contributed by atoms with Gasteiger partial charge >= 0.3 is 0 Å². The summed E-state index contributed by atoms with van der Waals surface area (Å²) in [6.45, 7) is 4.92. The normalized spacial score (nSPS) is 15.8.